The molecule has 0 radical (unpaired) electrons. The number of nitrogens with one attached hydrogen (secondary N) is 3. The molecule has 0 aliphatic carbocycles. The molecular weight excluding hydrogens is 458 g/mol. The number of ether oxygens (including phenoxy) is 1. The topological polar surface area (TPSA) is 141 Å². The molecule has 0 saturated carbocycles. The number of likely N-dealkylation sites (N-methyl/N-ethyl adjacent to an activating group) is 1. The average molecular weight is 488 g/mol. The second kappa shape index (κ2) is 10.7. The molecule has 4 rings (SSSR count). The second-order valence-corrected chi connectivity index (χ2v) is 9.56. The summed E-state index contributed by atoms with van der Waals surface area (Å²) in [6, 6.07) is 0. The highest BCUT2D eigenvalue weighted by atomic mass is 32.1. The number of H-pyrrole nitrogens is 1. The maximum Gasteiger partial charge on any atom is 0.409 e. The van der Waals surface area contributed by atoms with Crippen LogP contribution in [0.2, 0.25) is 0 Å². The summed E-state index contributed by atoms with van der Waals surface area (Å²) in [4.78, 5) is 50.2. The van der Waals surface area contributed by atoms with Gasteiger partial charge in [0.1, 0.15) is 16.7 Å². The third-order valence-electron chi connectivity index (χ3n) is 5.41. The highest BCUT2D eigenvalue weighted by molar-refractivity contribution is 7.17. The number of alkyl carbamates (subject to hydrolysis) is 1. The molecule has 0 spiro atoms. The number of fused-ring (bicyclic) bond motifs is 1. The first kappa shape index (κ1) is 23.8. The van der Waals surface area contributed by atoms with Gasteiger partial charge in [-0.15, -0.1) is 0 Å². The number of hydrogen-bond acceptors (Lipinski definition) is 10. The number of rotatable bonds is 8. The molecule has 1 aliphatic heterocycles. The fourth-order valence-corrected chi connectivity index (χ4v) is 4.22. The van der Waals surface area contributed by atoms with Crippen molar-refractivity contribution in [3.63, 3.8) is 0 Å². The van der Waals surface area contributed by atoms with E-state index in [2.05, 4.69) is 52.4 Å². The van der Waals surface area contributed by atoms with Crippen LogP contribution in [-0.2, 0) is 4.74 Å². The predicted octanol–water partition coefficient (Wildman–Crippen LogP) is 1.76. The van der Waals surface area contributed by atoms with Crippen molar-refractivity contribution >= 4 is 39.6 Å². The van der Waals surface area contributed by atoms with Gasteiger partial charge in [-0.1, -0.05) is 25.2 Å². The summed E-state index contributed by atoms with van der Waals surface area (Å²) in [7, 11) is 2.09. The van der Waals surface area contributed by atoms with E-state index in [0.29, 0.717) is 27.8 Å². The molecule has 1 aliphatic rings. The Hall–Kier alpha value is -3.32. The smallest absolute Gasteiger partial charge is 0.409 e. The Morgan fingerprint density at radius 2 is 1.97 bits per heavy atom. The molecule has 2 amide bonds. The van der Waals surface area contributed by atoms with Crippen molar-refractivity contribution in [1.82, 2.24) is 40.5 Å². The number of carbonyl (C=O) groups excluding carboxylic acids is 2. The molecule has 12 nitrogen and oxygen atoms in total. The molecule has 182 valence electrons. The highest BCUT2D eigenvalue weighted by Crippen LogP contribution is 2.24. The lowest BCUT2D eigenvalue weighted by atomic mass is 10.1. The molecule has 1 fully saturated rings. The van der Waals surface area contributed by atoms with Crippen LogP contribution in [-0.4, -0.2) is 81.7 Å². The van der Waals surface area contributed by atoms with Crippen molar-refractivity contribution in [3.05, 3.63) is 29.4 Å². The minimum atomic E-state index is -0.956. The third kappa shape index (κ3) is 5.97. The lowest BCUT2D eigenvalue weighted by Gasteiger charge is -2.32. The number of aromatic nitrogens is 5. The summed E-state index contributed by atoms with van der Waals surface area (Å²) >= 11 is 1.31. The Morgan fingerprint density at radius 3 is 2.71 bits per heavy atom. The normalized spacial score (nSPS) is 15.5. The van der Waals surface area contributed by atoms with Crippen LogP contribution in [0.1, 0.15) is 41.9 Å². The number of piperazine rings is 1. The van der Waals surface area contributed by atoms with Crippen LogP contribution in [0, 0.1) is 5.92 Å². The molecule has 3 N–H and O–H groups in total. The van der Waals surface area contributed by atoms with Crippen LogP contribution in [0.3, 0.4) is 0 Å². The minimum absolute atomic E-state index is 0.277. The molecule has 0 bridgehead atoms. The highest BCUT2D eigenvalue weighted by Gasteiger charge is 2.25. The van der Waals surface area contributed by atoms with Crippen molar-refractivity contribution in [2.24, 2.45) is 5.92 Å². The fourth-order valence-electron chi connectivity index (χ4n) is 3.35. The summed E-state index contributed by atoms with van der Waals surface area (Å²) in [5.74, 6) is 0.337. The van der Waals surface area contributed by atoms with E-state index >= 15 is 0 Å². The van der Waals surface area contributed by atoms with Gasteiger partial charge >= 0.3 is 6.09 Å². The molecule has 0 aromatic carbocycles. The van der Waals surface area contributed by atoms with Gasteiger partial charge in [0.25, 0.3) is 5.91 Å². The lowest BCUT2D eigenvalue weighted by molar-refractivity contribution is 0.0922. The van der Waals surface area contributed by atoms with Crippen molar-refractivity contribution in [2.75, 3.05) is 44.7 Å². The maximum absolute atomic E-state index is 13.0. The van der Waals surface area contributed by atoms with Gasteiger partial charge in [-0.3, -0.25) is 10.1 Å². The van der Waals surface area contributed by atoms with E-state index in [-0.39, 0.29) is 12.5 Å². The van der Waals surface area contributed by atoms with Gasteiger partial charge < -0.3 is 24.8 Å². The van der Waals surface area contributed by atoms with Gasteiger partial charge in [0, 0.05) is 26.2 Å². The number of hydrogen-bond donors (Lipinski definition) is 3. The van der Waals surface area contributed by atoms with E-state index in [4.69, 9.17) is 4.74 Å². The number of carbonyl (C=O) groups is 2. The van der Waals surface area contributed by atoms with Crippen LogP contribution in [0.25, 0.3) is 11.2 Å². The van der Waals surface area contributed by atoms with Gasteiger partial charge in [0.05, 0.1) is 19.0 Å². The van der Waals surface area contributed by atoms with Crippen molar-refractivity contribution in [3.8, 4) is 0 Å². The van der Waals surface area contributed by atoms with Crippen molar-refractivity contribution in [1.29, 1.82) is 0 Å². The standard InChI is InChI=1S/C21H29N9O3S/c1-13(2)4-9-33-21(32)28-18(17-25-14-10-22-12-24-16(14)26-17)27-19(31)15-11-23-20(34-15)30-7-5-29(3)6-8-30/h10-13,18H,4-9H2,1-3H3,(H,27,31)(H,28,32)(H,22,24,25,26). The van der Waals surface area contributed by atoms with E-state index in [9.17, 15) is 9.59 Å². The Labute approximate surface area is 201 Å². The van der Waals surface area contributed by atoms with E-state index < -0.39 is 12.3 Å². The van der Waals surface area contributed by atoms with Crippen LogP contribution < -0.4 is 15.5 Å². The van der Waals surface area contributed by atoms with E-state index in [0.717, 1.165) is 37.7 Å². The molecule has 1 unspecified atom stereocenters. The van der Waals surface area contributed by atoms with Gasteiger partial charge in [-0.2, -0.15) is 0 Å². The maximum atomic E-state index is 13.0. The SMILES string of the molecule is CC(C)CCOC(=O)NC(NC(=O)c1cnc(N2CCN(C)CC2)s1)c1nc2ncncc2[nH]1. The monoisotopic (exact) mass is 487 g/mol. The number of aromatic amines is 1. The zero-order valence-electron chi connectivity index (χ0n) is 19.4. The minimum Gasteiger partial charge on any atom is -0.450 e. The van der Waals surface area contributed by atoms with E-state index in [1.807, 2.05) is 13.8 Å². The molecule has 34 heavy (non-hydrogen) atoms. The number of amides is 2. The Morgan fingerprint density at radius 1 is 1.18 bits per heavy atom. The first-order chi connectivity index (χ1) is 16.4. The van der Waals surface area contributed by atoms with Crippen LogP contribution in [0.5, 0.6) is 0 Å². The number of imidazole rings is 1. The first-order valence-electron chi connectivity index (χ1n) is 11.2. The average Bonchev–Trinajstić information content (AvgIpc) is 3.46. The molecule has 3 aromatic rings. The lowest BCUT2D eigenvalue weighted by Crippen LogP contribution is -2.44. The molecule has 1 saturated heterocycles. The summed E-state index contributed by atoms with van der Waals surface area (Å²) in [5.41, 5.74) is 1.01. The number of thiazole rings is 1. The summed E-state index contributed by atoms with van der Waals surface area (Å²) in [6.45, 7) is 7.98. The van der Waals surface area contributed by atoms with Gasteiger partial charge in [0.2, 0.25) is 0 Å². The van der Waals surface area contributed by atoms with Crippen LogP contribution >= 0.6 is 11.3 Å². The van der Waals surface area contributed by atoms with Gasteiger partial charge in [-0.05, 0) is 19.4 Å². The quantitative estimate of drug-likeness (QED) is 0.405. The van der Waals surface area contributed by atoms with Crippen LogP contribution in [0.4, 0.5) is 9.93 Å². The largest absolute Gasteiger partial charge is 0.450 e. The molecular formula is C21H29N9O3S. The number of anilines is 1. The predicted molar refractivity (Wildman–Crippen MR) is 128 cm³/mol. The second-order valence-electron chi connectivity index (χ2n) is 8.55. The Bertz CT molecular complexity index is 1090. The number of nitrogens with zero attached hydrogens (tertiary/aromatic N) is 6. The van der Waals surface area contributed by atoms with Gasteiger partial charge in [0.15, 0.2) is 22.8 Å². The molecule has 13 heteroatoms. The van der Waals surface area contributed by atoms with E-state index in [1.54, 1.807) is 12.4 Å². The molecule has 4 heterocycles. The zero-order valence-corrected chi connectivity index (χ0v) is 20.3. The Kier molecular flexibility index (Phi) is 7.53. The zero-order chi connectivity index (χ0) is 24.1. The van der Waals surface area contributed by atoms with Crippen LogP contribution in [0.15, 0.2) is 18.7 Å². The Balaban J connectivity index is 1.47. The van der Waals surface area contributed by atoms with Crippen molar-refractivity contribution in [2.45, 2.75) is 26.4 Å². The molecule has 3 aromatic heterocycles. The summed E-state index contributed by atoms with van der Waals surface area (Å²) < 4.78 is 5.27. The third-order valence-corrected chi connectivity index (χ3v) is 6.47. The van der Waals surface area contributed by atoms with Crippen molar-refractivity contribution < 1.29 is 14.3 Å². The van der Waals surface area contributed by atoms with Gasteiger partial charge in [-0.25, -0.2) is 24.7 Å². The summed E-state index contributed by atoms with van der Waals surface area (Å²) in [5, 5.41) is 6.29. The first-order valence-corrected chi connectivity index (χ1v) is 12.0. The van der Waals surface area contributed by atoms with E-state index in [1.165, 1.54) is 17.7 Å². The molecule has 1 atom stereocenters. The fraction of sp³-hybridized carbons (Fsp3) is 0.524. The summed E-state index contributed by atoms with van der Waals surface area (Å²) in [6.07, 6.45) is 3.63.